The van der Waals surface area contributed by atoms with Gasteiger partial charge in [-0.2, -0.15) is 0 Å². The minimum absolute atomic E-state index is 0.0880. The van der Waals surface area contributed by atoms with E-state index >= 15 is 0 Å². The molecule has 3 nitrogen and oxygen atoms in total. The molecule has 0 unspecified atom stereocenters. The molecule has 0 spiro atoms. The zero-order valence-electron chi connectivity index (χ0n) is 5.94. The second-order valence-electron chi connectivity index (χ2n) is 2.12. The monoisotopic (exact) mass is 160 g/mol. The van der Waals surface area contributed by atoms with Crippen molar-refractivity contribution in [1.29, 1.82) is 0 Å². The van der Waals surface area contributed by atoms with E-state index in [2.05, 4.69) is 5.10 Å². The van der Waals surface area contributed by atoms with Crippen molar-refractivity contribution in [3.05, 3.63) is 21.1 Å². The molecule has 0 aliphatic heterocycles. The summed E-state index contributed by atoms with van der Waals surface area (Å²) in [7, 11) is 1.71. The van der Waals surface area contributed by atoms with Crippen molar-refractivity contribution < 1.29 is 0 Å². The van der Waals surface area contributed by atoms with Crippen molar-refractivity contribution in [3.8, 4) is 0 Å². The summed E-state index contributed by atoms with van der Waals surface area (Å²) in [6, 6.07) is 0. The van der Waals surface area contributed by atoms with Crippen LogP contribution in [0.3, 0.4) is 0 Å². The molecule has 0 amide bonds. The minimum atomic E-state index is -0.0880. The minimum Gasteiger partial charge on any atom is -0.277 e. The summed E-state index contributed by atoms with van der Waals surface area (Å²) in [5.41, 5.74) is 0.569. The first-order valence-electron chi connectivity index (χ1n) is 3.10. The Morgan fingerprint density at radius 2 is 2.30 bits per heavy atom. The fourth-order valence-corrected chi connectivity index (χ4v) is 1.13. The maximum absolute atomic E-state index is 10.9. The van der Waals surface area contributed by atoms with Gasteiger partial charge in [0.05, 0.1) is 5.56 Å². The van der Waals surface area contributed by atoms with Gasteiger partial charge in [-0.1, -0.05) is 18.5 Å². The van der Waals surface area contributed by atoms with Gasteiger partial charge in [-0.15, -0.1) is 0 Å². The predicted octanol–water partition coefficient (Wildman–Crippen LogP) is 0.929. The summed E-state index contributed by atoms with van der Waals surface area (Å²) >= 11 is 5.75. The molecule has 10 heavy (non-hydrogen) atoms. The van der Waals surface area contributed by atoms with E-state index in [1.54, 1.807) is 7.05 Å². The first-order valence-corrected chi connectivity index (χ1v) is 3.48. The average Bonchev–Trinajstić information content (AvgIpc) is 2.09. The third-order valence-electron chi connectivity index (χ3n) is 1.44. The van der Waals surface area contributed by atoms with Gasteiger partial charge in [-0.05, 0) is 6.42 Å². The van der Waals surface area contributed by atoms with Gasteiger partial charge in [-0.25, -0.2) is 0 Å². The van der Waals surface area contributed by atoms with E-state index in [0.717, 1.165) is 0 Å². The fraction of sp³-hybridized carbons (Fsp3) is 0.500. The van der Waals surface area contributed by atoms with E-state index in [-0.39, 0.29) is 5.56 Å². The van der Waals surface area contributed by atoms with Crippen molar-refractivity contribution in [3.63, 3.8) is 0 Å². The van der Waals surface area contributed by atoms with Gasteiger partial charge >= 0.3 is 0 Å². The smallest absolute Gasteiger partial charge is 0.268 e. The van der Waals surface area contributed by atoms with E-state index in [1.807, 2.05) is 6.92 Å². The van der Waals surface area contributed by atoms with Crippen molar-refractivity contribution >= 4 is 11.6 Å². The Morgan fingerprint density at radius 3 is 2.50 bits per heavy atom. The number of hydrogen-bond donors (Lipinski definition) is 1. The second kappa shape index (κ2) is 2.50. The Balaban J connectivity index is 3.34. The van der Waals surface area contributed by atoms with Crippen LogP contribution in [0.25, 0.3) is 0 Å². The average molecular weight is 161 g/mol. The van der Waals surface area contributed by atoms with E-state index in [9.17, 15) is 4.79 Å². The van der Waals surface area contributed by atoms with Crippen LogP contribution in [-0.2, 0) is 13.5 Å². The lowest BCUT2D eigenvalue weighted by atomic mass is 10.3. The zero-order chi connectivity index (χ0) is 7.72. The highest BCUT2D eigenvalue weighted by Crippen LogP contribution is 2.09. The molecule has 0 aromatic carbocycles. The number of rotatable bonds is 1. The molecule has 1 rings (SSSR count). The summed E-state index contributed by atoms with van der Waals surface area (Å²) < 4.78 is 1.52. The van der Waals surface area contributed by atoms with Crippen LogP contribution in [0.4, 0.5) is 0 Å². The zero-order valence-corrected chi connectivity index (χ0v) is 6.70. The standard InChI is InChI=1S/C6H9ClN2O/c1-3-4-5(7)9(2)8-6(4)10/h3H2,1-2H3,(H,8,10). The molecule has 1 aromatic rings. The van der Waals surface area contributed by atoms with Gasteiger partial charge in [-0.3, -0.25) is 14.6 Å². The molecular weight excluding hydrogens is 152 g/mol. The molecule has 0 saturated heterocycles. The number of hydrogen-bond acceptors (Lipinski definition) is 1. The molecule has 0 saturated carbocycles. The molecule has 0 aliphatic rings. The first-order chi connectivity index (χ1) is 4.66. The SMILES string of the molecule is CCc1c(Cl)n(C)[nH]c1=O. The van der Waals surface area contributed by atoms with Gasteiger partial charge in [0.2, 0.25) is 0 Å². The maximum Gasteiger partial charge on any atom is 0.268 e. The largest absolute Gasteiger partial charge is 0.277 e. The molecule has 0 radical (unpaired) electrons. The normalized spacial score (nSPS) is 10.3. The summed E-state index contributed by atoms with van der Waals surface area (Å²) in [5, 5.41) is 3.06. The number of halogens is 1. The summed E-state index contributed by atoms with van der Waals surface area (Å²) in [5.74, 6) is 0. The quantitative estimate of drug-likeness (QED) is 0.652. The topological polar surface area (TPSA) is 37.8 Å². The summed E-state index contributed by atoms with van der Waals surface area (Å²) in [6.07, 6.45) is 0.676. The molecule has 1 heterocycles. The Hall–Kier alpha value is -0.700. The number of nitrogens with zero attached hydrogens (tertiary/aromatic N) is 1. The number of aromatic amines is 1. The van der Waals surface area contributed by atoms with Crippen LogP contribution < -0.4 is 5.56 Å². The Kier molecular flexibility index (Phi) is 1.85. The van der Waals surface area contributed by atoms with Crippen molar-refractivity contribution in [2.24, 2.45) is 7.05 Å². The molecule has 4 heteroatoms. The van der Waals surface area contributed by atoms with E-state index < -0.39 is 0 Å². The first kappa shape index (κ1) is 7.41. The van der Waals surface area contributed by atoms with Crippen LogP contribution in [0.15, 0.2) is 4.79 Å². The van der Waals surface area contributed by atoms with Crippen LogP contribution >= 0.6 is 11.6 Å². The molecule has 56 valence electrons. The molecule has 0 aliphatic carbocycles. The van der Waals surface area contributed by atoms with Crippen LogP contribution in [0.1, 0.15) is 12.5 Å². The maximum atomic E-state index is 10.9. The van der Waals surface area contributed by atoms with E-state index in [4.69, 9.17) is 11.6 Å². The summed E-state index contributed by atoms with van der Waals surface area (Å²) in [4.78, 5) is 10.9. The van der Waals surface area contributed by atoms with Crippen LogP contribution in [-0.4, -0.2) is 9.78 Å². The van der Waals surface area contributed by atoms with Crippen molar-refractivity contribution in [2.45, 2.75) is 13.3 Å². The number of H-pyrrole nitrogens is 1. The number of aromatic nitrogens is 2. The molecule has 1 N–H and O–H groups in total. The molecule has 0 bridgehead atoms. The van der Waals surface area contributed by atoms with E-state index in [1.165, 1.54) is 4.68 Å². The fourth-order valence-electron chi connectivity index (χ4n) is 0.871. The lowest BCUT2D eigenvalue weighted by molar-refractivity contribution is 0.757. The van der Waals surface area contributed by atoms with Gasteiger partial charge in [0.15, 0.2) is 0 Å². The molecular formula is C6H9ClN2O. The second-order valence-corrected chi connectivity index (χ2v) is 2.48. The van der Waals surface area contributed by atoms with Crippen LogP contribution in [0, 0.1) is 0 Å². The van der Waals surface area contributed by atoms with Gasteiger partial charge in [0.1, 0.15) is 5.15 Å². The number of nitrogens with one attached hydrogen (secondary N) is 1. The highest BCUT2D eigenvalue weighted by Gasteiger charge is 2.06. The third-order valence-corrected chi connectivity index (χ3v) is 1.92. The van der Waals surface area contributed by atoms with Gasteiger partial charge < -0.3 is 0 Å². The van der Waals surface area contributed by atoms with Gasteiger partial charge in [0, 0.05) is 7.05 Å². The van der Waals surface area contributed by atoms with Gasteiger partial charge in [0.25, 0.3) is 5.56 Å². The Labute approximate surface area is 63.6 Å². The lowest BCUT2D eigenvalue weighted by Crippen LogP contribution is -2.05. The van der Waals surface area contributed by atoms with Crippen LogP contribution in [0.2, 0.25) is 5.15 Å². The Morgan fingerprint density at radius 1 is 1.70 bits per heavy atom. The highest BCUT2D eigenvalue weighted by molar-refractivity contribution is 6.30. The van der Waals surface area contributed by atoms with E-state index in [0.29, 0.717) is 17.1 Å². The summed E-state index contributed by atoms with van der Waals surface area (Å²) in [6.45, 7) is 1.90. The van der Waals surface area contributed by atoms with Crippen molar-refractivity contribution in [2.75, 3.05) is 0 Å². The third kappa shape index (κ3) is 0.968. The Bertz CT molecular complexity index is 286. The highest BCUT2D eigenvalue weighted by atomic mass is 35.5. The molecule has 0 fully saturated rings. The number of aryl methyl sites for hydroxylation is 1. The lowest BCUT2D eigenvalue weighted by Gasteiger charge is -1.91. The predicted molar refractivity (Wildman–Crippen MR) is 40.4 cm³/mol. The van der Waals surface area contributed by atoms with Crippen molar-refractivity contribution in [1.82, 2.24) is 9.78 Å². The molecule has 1 aromatic heterocycles. The van der Waals surface area contributed by atoms with Crippen LogP contribution in [0.5, 0.6) is 0 Å². The molecule has 0 atom stereocenters.